The summed E-state index contributed by atoms with van der Waals surface area (Å²) in [6.45, 7) is 0.969. The van der Waals surface area contributed by atoms with E-state index in [-0.39, 0.29) is 25.2 Å². The molecular formula is C11H15F4N3O2. The van der Waals surface area contributed by atoms with Crippen molar-refractivity contribution >= 4 is 11.9 Å². The summed E-state index contributed by atoms with van der Waals surface area (Å²) < 4.78 is 50.2. The van der Waals surface area contributed by atoms with Gasteiger partial charge in [0.25, 0.3) is 5.91 Å². The van der Waals surface area contributed by atoms with Crippen LogP contribution in [0.4, 0.5) is 22.4 Å². The number of halogens is 4. The molecular weight excluding hydrogens is 282 g/mol. The number of rotatable bonds is 3. The van der Waals surface area contributed by atoms with Crippen LogP contribution in [0.1, 0.15) is 12.8 Å². The highest BCUT2D eigenvalue weighted by atomic mass is 19.3. The quantitative estimate of drug-likeness (QED) is 0.787. The van der Waals surface area contributed by atoms with Crippen LogP contribution in [0.15, 0.2) is 0 Å². The Labute approximate surface area is 112 Å². The van der Waals surface area contributed by atoms with Gasteiger partial charge in [-0.3, -0.25) is 4.79 Å². The highest BCUT2D eigenvalue weighted by Gasteiger charge is 2.51. The van der Waals surface area contributed by atoms with E-state index < -0.39 is 18.3 Å². The fourth-order valence-corrected chi connectivity index (χ4v) is 2.52. The van der Waals surface area contributed by atoms with Gasteiger partial charge in [0.05, 0.1) is 0 Å². The van der Waals surface area contributed by atoms with Crippen molar-refractivity contribution < 1.29 is 27.2 Å². The Balaban J connectivity index is 1.91. The van der Waals surface area contributed by atoms with Gasteiger partial charge in [-0.15, -0.1) is 0 Å². The summed E-state index contributed by atoms with van der Waals surface area (Å²) in [4.78, 5) is 25.1. The average Bonchev–Trinajstić information content (AvgIpc) is 2.84. The third-order valence-electron chi connectivity index (χ3n) is 3.64. The second-order valence-electron chi connectivity index (χ2n) is 4.87. The third-order valence-corrected chi connectivity index (χ3v) is 3.64. The minimum Gasteiger partial charge on any atom is -0.337 e. The Morgan fingerprint density at radius 1 is 1.25 bits per heavy atom. The highest BCUT2D eigenvalue weighted by Crippen LogP contribution is 2.28. The summed E-state index contributed by atoms with van der Waals surface area (Å²) in [7, 11) is 0. The molecule has 0 bridgehead atoms. The molecule has 0 atom stereocenters. The molecule has 0 unspecified atom stereocenters. The van der Waals surface area contributed by atoms with E-state index in [1.54, 1.807) is 4.90 Å². The van der Waals surface area contributed by atoms with E-state index in [0.717, 1.165) is 4.90 Å². The fourth-order valence-electron chi connectivity index (χ4n) is 2.52. The van der Waals surface area contributed by atoms with E-state index in [1.165, 1.54) is 0 Å². The number of likely N-dealkylation sites (tertiary alicyclic amines) is 1. The number of piperidine rings is 1. The van der Waals surface area contributed by atoms with Crippen molar-refractivity contribution in [1.82, 2.24) is 15.1 Å². The van der Waals surface area contributed by atoms with E-state index in [2.05, 4.69) is 5.32 Å². The number of nitrogens with one attached hydrogen (secondary N) is 1. The van der Waals surface area contributed by atoms with Crippen LogP contribution in [0.25, 0.3) is 0 Å². The lowest BCUT2D eigenvalue weighted by Gasteiger charge is -2.37. The smallest absolute Gasteiger partial charge is 0.337 e. The van der Waals surface area contributed by atoms with Gasteiger partial charge < -0.3 is 15.1 Å². The van der Waals surface area contributed by atoms with Crippen molar-refractivity contribution in [2.24, 2.45) is 0 Å². The molecule has 0 aromatic rings. The summed E-state index contributed by atoms with van der Waals surface area (Å²) in [5.41, 5.74) is 0. The molecule has 2 fully saturated rings. The van der Waals surface area contributed by atoms with Gasteiger partial charge in [0, 0.05) is 32.2 Å². The Bertz CT molecular complexity index is 397. The molecule has 0 spiro atoms. The second kappa shape index (κ2) is 5.45. The van der Waals surface area contributed by atoms with Crippen molar-refractivity contribution in [3.05, 3.63) is 0 Å². The van der Waals surface area contributed by atoms with Crippen molar-refractivity contribution in [2.45, 2.75) is 31.2 Å². The molecule has 9 heteroatoms. The van der Waals surface area contributed by atoms with Gasteiger partial charge in [-0.2, -0.15) is 8.78 Å². The molecule has 1 N–H and O–H groups in total. The number of carbonyl (C=O) groups excluding carboxylic acids is 2. The van der Waals surface area contributed by atoms with Crippen LogP contribution in [0.2, 0.25) is 0 Å². The third kappa shape index (κ3) is 2.66. The van der Waals surface area contributed by atoms with Gasteiger partial charge in [-0.05, 0) is 12.8 Å². The lowest BCUT2D eigenvalue weighted by Crippen LogP contribution is -2.53. The number of hydrogen-bond acceptors (Lipinski definition) is 2. The zero-order valence-corrected chi connectivity index (χ0v) is 10.6. The van der Waals surface area contributed by atoms with Crippen LogP contribution in [0, 0.1) is 0 Å². The van der Waals surface area contributed by atoms with E-state index in [1.807, 2.05) is 0 Å². The first kappa shape index (κ1) is 14.9. The van der Waals surface area contributed by atoms with Crippen molar-refractivity contribution in [2.75, 3.05) is 26.2 Å². The second-order valence-corrected chi connectivity index (χ2v) is 4.87. The van der Waals surface area contributed by atoms with Crippen LogP contribution in [0.5, 0.6) is 0 Å². The molecule has 2 rings (SSSR count). The van der Waals surface area contributed by atoms with Crippen LogP contribution < -0.4 is 5.32 Å². The number of amides is 3. The Morgan fingerprint density at radius 3 is 2.30 bits per heavy atom. The minimum atomic E-state index is -4.64. The topological polar surface area (TPSA) is 52.7 Å². The van der Waals surface area contributed by atoms with Crippen molar-refractivity contribution in [3.8, 4) is 0 Å². The van der Waals surface area contributed by atoms with Gasteiger partial charge in [-0.1, -0.05) is 0 Å². The SMILES string of the molecule is O=C1NCCN1C1CCN(C(=O)C(F)(F)C(F)F)CC1. The van der Waals surface area contributed by atoms with Gasteiger partial charge in [0.2, 0.25) is 0 Å². The maximum absolute atomic E-state index is 13.0. The standard InChI is InChI=1S/C11H15F4N3O2/c12-8(13)11(14,15)9(19)17-4-1-7(2-5-17)18-6-3-16-10(18)20/h7-8H,1-6H2,(H,16,20). The Hall–Kier alpha value is -1.54. The first-order valence-corrected chi connectivity index (χ1v) is 6.34. The zero-order chi connectivity index (χ0) is 14.9. The van der Waals surface area contributed by atoms with Gasteiger partial charge >= 0.3 is 18.4 Å². The summed E-state index contributed by atoms with van der Waals surface area (Å²) in [5, 5.41) is 2.63. The minimum absolute atomic E-state index is 0.0460. The summed E-state index contributed by atoms with van der Waals surface area (Å²) in [5.74, 6) is -6.48. The molecule has 0 aromatic heterocycles. The number of nitrogens with zero attached hydrogens (tertiary/aromatic N) is 2. The van der Waals surface area contributed by atoms with Crippen molar-refractivity contribution in [3.63, 3.8) is 0 Å². The fraction of sp³-hybridized carbons (Fsp3) is 0.818. The number of carbonyl (C=O) groups is 2. The molecule has 2 aliphatic heterocycles. The lowest BCUT2D eigenvalue weighted by molar-refractivity contribution is -0.181. The molecule has 2 saturated heterocycles. The van der Waals surface area contributed by atoms with E-state index in [4.69, 9.17) is 0 Å². The average molecular weight is 297 g/mol. The number of urea groups is 1. The molecule has 0 aliphatic carbocycles. The Kier molecular flexibility index (Phi) is 4.05. The first-order valence-electron chi connectivity index (χ1n) is 6.34. The van der Waals surface area contributed by atoms with Crippen LogP contribution in [-0.4, -0.2) is 66.3 Å². The van der Waals surface area contributed by atoms with Crippen LogP contribution in [0.3, 0.4) is 0 Å². The monoisotopic (exact) mass is 297 g/mol. The normalized spacial score (nSPS) is 21.6. The van der Waals surface area contributed by atoms with Gasteiger partial charge in [0.15, 0.2) is 0 Å². The predicted molar refractivity (Wildman–Crippen MR) is 60.7 cm³/mol. The number of alkyl halides is 4. The van der Waals surface area contributed by atoms with Crippen molar-refractivity contribution in [1.29, 1.82) is 0 Å². The summed E-state index contributed by atoms with van der Waals surface area (Å²) in [6, 6.07) is -0.352. The predicted octanol–water partition coefficient (Wildman–Crippen LogP) is 0.903. The lowest BCUT2D eigenvalue weighted by atomic mass is 10.0. The van der Waals surface area contributed by atoms with Crippen LogP contribution in [-0.2, 0) is 4.79 Å². The van der Waals surface area contributed by atoms with E-state index >= 15 is 0 Å². The molecule has 0 radical (unpaired) electrons. The maximum Gasteiger partial charge on any atom is 0.383 e. The van der Waals surface area contributed by atoms with Gasteiger partial charge in [0.1, 0.15) is 0 Å². The summed E-state index contributed by atoms with van der Waals surface area (Å²) in [6.07, 6.45) is -3.37. The molecule has 2 aliphatic rings. The summed E-state index contributed by atoms with van der Waals surface area (Å²) >= 11 is 0. The number of hydrogen-bond donors (Lipinski definition) is 1. The molecule has 0 saturated carbocycles. The highest BCUT2D eigenvalue weighted by molar-refractivity contribution is 5.84. The van der Waals surface area contributed by atoms with Crippen LogP contribution >= 0.6 is 0 Å². The first-order chi connectivity index (χ1) is 9.34. The van der Waals surface area contributed by atoms with E-state index in [0.29, 0.717) is 25.9 Å². The molecule has 2 heterocycles. The molecule has 5 nitrogen and oxygen atoms in total. The van der Waals surface area contributed by atoms with Gasteiger partial charge in [-0.25, -0.2) is 13.6 Å². The molecule has 0 aromatic carbocycles. The largest absolute Gasteiger partial charge is 0.383 e. The zero-order valence-electron chi connectivity index (χ0n) is 10.6. The molecule has 114 valence electrons. The Morgan fingerprint density at radius 2 is 1.85 bits per heavy atom. The maximum atomic E-state index is 13.0. The van der Waals surface area contributed by atoms with E-state index in [9.17, 15) is 27.2 Å². The molecule has 20 heavy (non-hydrogen) atoms. The molecule has 3 amide bonds.